The number of hydrogen-bond donors (Lipinski definition) is 2. The fourth-order valence-electron chi connectivity index (χ4n) is 1.87. The molecular weight excluding hydrogens is 284 g/mol. The molecule has 0 aromatic heterocycles. The lowest BCUT2D eigenvalue weighted by Gasteiger charge is -2.22. The highest BCUT2D eigenvalue weighted by Gasteiger charge is 2.21. The van der Waals surface area contributed by atoms with E-state index in [4.69, 9.17) is 14.2 Å². The van der Waals surface area contributed by atoms with E-state index in [1.54, 1.807) is 32.4 Å². The molecule has 1 aromatic carbocycles. The van der Waals surface area contributed by atoms with E-state index in [1.807, 2.05) is 0 Å². The zero-order valence-corrected chi connectivity index (χ0v) is 12.3. The van der Waals surface area contributed by atoms with E-state index in [2.05, 4.69) is 10.6 Å². The summed E-state index contributed by atoms with van der Waals surface area (Å²) < 4.78 is 15.7. The monoisotopic (exact) mass is 302 g/mol. The second kappa shape index (κ2) is 7.94. The summed E-state index contributed by atoms with van der Waals surface area (Å²) >= 11 is 0. The number of rotatable bonds is 4. The number of methoxy groups -OCH3 is 2. The minimum absolute atomic E-state index is 0. The third kappa shape index (κ3) is 4.00. The molecule has 1 amide bonds. The quantitative estimate of drug-likeness (QED) is 0.870. The van der Waals surface area contributed by atoms with Crippen molar-refractivity contribution in [3.05, 3.63) is 18.2 Å². The first kappa shape index (κ1) is 16.6. The molecular formula is C13H19ClN2O4. The van der Waals surface area contributed by atoms with E-state index < -0.39 is 6.10 Å². The molecule has 1 aromatic rings. The maximum Gasteiger partial charge on any atom is 0.254 e. The van der Waals surface area contributed by atoms with Gasteiger partial charge in [0.1, 0.15) is 6.10 Å². The third-order valence-corrected chi connectivity index (χ3v) is 2.87. The first-order chi connectivity index (χ1) is 9.24. The van der Waals surface area contributed by atoms with Crippen LogP contribution in [-0.4, -0.2) is 45.9 Å². The van der Waals surface area contributed by atoms with E-state index in [0.29, 0.717) is 30.3 Å². The molecule has 1 unspecified atom stereocenters. The number of ether oxygens (including phenoxy) is 3. The number of benzene rings is 1. The van der Waals surface area contributed by atoms with Crippen LogP contribution in [0, 0.1) is 0 Å². The molecule has 20 heavy (non-hydrogen) atoms. The van der Waals surface area contributed by atoms with E-state index in [0.717, 1.165) is 6.54 Å². The predicted molar refractivity (Wildman–Crippen MR) is 78.0 cm³/mol. The average molecular weight is 303 g/mol. The molecule has 1 saturated heterocycles. The highest BCUT2D eigenvalue weighted by molar-refractivity contribution is 5.94. The van der Waals surface area contributed by atoms with Gasteiger partial charge in [-0.1, -0.05) is 0 Å². The van der Waals surface area contributed by atoms with E-state index in [1.165, 1.54) is 0 Å². The minimum Gasteiger partial charge on any atom is -0.493 e. The lowest BCUT2D eigenvalue weighted by molar-refractivity contribution is -0.128. The summed E-state index contributed by atoms with van der Waals surface area (Å²) in [4.78, 5) is 12.0. The van der Waals surface area contributed by atoms with Gasteiger partial charge in [-0.05, 0) is 12.1 Å². The molecule has 0 radical (unpaired) electrons. The Hall–Kier alpha value is -1.50. The molecule has 6 nitrogen and oxygen atoms in total. The molecule has 2 N–H and O–H groups in total. The molecule has 2 rings (SSSR count). The number of morpholine rings is 1. The molecule has 1 aliphatic rings. The van der Waals surface area contributed by atoms with E-state index in [-0.39, 0.29) is 18.3 Å². The van der Waals surface area contributed by atoms with Crippen molar-refractivity contribution in [2.75, 3.05) is 39.2 Å². The van der Waals surface area contributed by atoms with Crippen molar-refractivity contribution in [1.29, 1.82) is 0 Å². The van der Waals surface area contributed by atoms with Crippen LogP contribution in [0.5, 0.6) is 11.5 Å². The summed E-state index contributed by atoms with van der Waals surface area (Å²) in [5.74, 6) is 1.03. The van der Waals surface area contributed by atoms with E-state index in [9.17, 15) is 4.79 Å². The molecule has 112 valence electrons. The van der Waals surface area contributed by atoms with Crippen LogP contribution < -0.4 is 20.1 Å². The number of hydrogen-bond acceptors (Lipinski definition) is 5. The zero-order chi connectivity index (χ0) is 13.7. The number of carbonyl (C=O) groups excluding carboxylic acids is 1. The van der Waals surface area contributed by atoms with Crippen molar-refractivity contribution in [2.24, 2.45) is 0 Å². The fraction of sp³-hybridized carbons (Fsp3) is 0.462. The Morgan fingerprint density at radius 3 is 2.70 bits per heavy atom. The molecule has 1 aliphatic heterocycles. The number of nitrogens with one attached hydrogen (secondary N) is 2. The van der Waals surface area contributed by atoms with Crippen LogP contribution in [0.2, 0.25) is 0 Å². The Balaban J connectivity index is 0.00000200. The Kier molecular flexibility index (Phi) is 6.57. The molecule has 1 heterocycles. The first-order valence-corrected chi connectivity index (χ1v) is 6.10. The summed E-state index contributed by atoms with van der Waals surface area (Å²) in [5, 5.41) is 5.91. The maximum absolute atomic E-state index is 12.0. The number of anilines is 1. The Morgan fingerprint density at radius 2 is 2.10 bits per heavy atom. The summed E-state index contributed by atoms with van der Waals surface area (Å²) in [6.07, 6.45) is -0.457. The standard InChI is InChI=1S/C13H18N2O4.ClH/c1-17-10-4-3-9(7-11(10)18-2)15-13(16)12-8-14-5-6-19-12;/h3-4,7,12,14H,5-6,8H2,1-2H3,(H,15,16);1H. The zero-order valence-electron chi connectivity index (χ0n) is 11.5. The minimum atomic E-state index is -0.457. The molecule has 1 fully saturated rings. The van der Waals surface area contributed by atoms with E-state index >= 15 is 0 Å². The second-order valence-electron chi connectivity index (χ2n) is 4.12. The first-order valence-electron chi connectivity index (χ1n) is 6.10. The third-order valence-electron chi connectivity index (χ3n) is 2.87. The molecule has 0 saturated carbocycles. The van der Waals surface area contributed by atoms with Gasteiger partial charge in [-0.2, -0.15) is 0 Å². The van der Waals surface area contributed by atoms with Crippen LogP contribution in [0.15, 0.2) is 18.2 Å². The predicted octanol–water partition coefficient (Wildman–Crippen LogP) is 1.05. The summed E-state index contributed by atoms with van der Waals surface area (Å²) in [6, 6.07) is 5.22. The van der Waals surface area contributed by atoms with Gasteiger partial charge in [0.2, 0.25) is 0 Å². The normalized spacial score (nSPS) is 17.8. The second-order valence-corrected chi connectivity index (χ2v) is 4.12. The van der Waals surface area contributed by atoms with Crippen molar-refractivity contribution in [3.8, 4) is 11.5 Å². The summed E-state index contributed by atoms with van der Waals surface area (Å²) in [6.45, 7) is 1.85. The molecule has 0 spiro atoms. The highest BCUT2D eigenvalue weighted by atomic mass is 35.5. The SMILES string of the molecule is COc1ccc(NC(=O)C2CNCCO2)cc1OC.Cl. The van der Waals surface area contributed by atoms with Crippen LogP contribution in [0.4, 0.5) is 5.69 Å². The van der Waals surface area contributed by atoms with Gasteiger partial charge in [0.05, 0.1) is 20.8 Å². The lowest BCUT2D eigenvalue weighted by atomic mass is 10.2. The average Bonchev–Trinajstić information content (AvgIpc) is 2.48. The van der Waals surface area contributed by atoms with Crippen molar-refractivity contribution < 1.29 is 19.0 Å². The summed E-state index contributed by atoms with van der Waals surface area (Å²) in [5.41, 5.74) is 0.650. The van der Waals surface area contributed by atoms with Crippen molar-refractivity contribution in [3.63, 3.8) is 0 Å². The van der Waals surface area contributed by atoms with Gasteiger partial charge in [0, 0.05) is 24.8 Å². The lowest BCUT2D eigenvalue weighted by Crippen LogP contribution is -2.45. The fourth-order valence-corrected chi connectivity index (χ4v) is 1.87. The Morgan fingerprint density at radius 1 is 1.35 bits per heavy atom. The molecule has 0 aliphatic carbocycles. The Bertz CT molecular complexity index is 450. The Labute approximate surface area is 124 Å². The van der Waals surface area contributed by atoms with Gasteiger partial charge < -0.3 is 24.8 Å². The van der Waals surface area contributed by atoms with Crippen molar-refractivity contribution >= 4 is 24.0 Å². The van der Waals surface area contributed by atoms with Crippen LogP contribution in [0.3, 0.4) is 0 Å². The number of amides is 1. The van der Waals surface area contributed by atoms with Crippen molar-refractivity contribution in [1.82, 2.24) is 5.32 Å². The van der Waals surface area contributed by atoms with Crippen LogP contribution >= 0.6 is 12.4 Å². The van der Waals surface area contributed by atoms with Crippen LogP contribution in [0.1, 0.15) is 0 Å². The van der Waals surface area contributed by atoms with Gasteiger partial charge >= 0.3 is 0 Å². The summed E-state index contributed by atoms with van der Waals surface area (Å²) in [7, 11) is 3.12. The molecule has 0 bridgehead atoms. The van der Waals surface area contributed by atoms with Gasteiger partial charge in [0.15, 0.2) is 11.5 Å². The largest absolute Gasteiger partial charge is 0.493 e. The molecule has 7 heteroatoms. The van der Waals surface area contributed by atoms with Crippen molar-refractivity contribution in [2.45, 2.75) is 6.10 Å². The van der Waals surface area contributed by atoms with Gasteiger partial charge in [0.25, 0.3) is 5.91 Å². The van der Waals surface area contributed by atoms with Gasteiger partial charge in [-0.3, -0.25) is 4.79 Å². The topological polar surface area (TPSA) is 68.8 Å². The smallest absolute Gasteiger partial charge is 0.254 e. The van der Waals surface area contributed by atoms with Crippen LogP contribution in [0.25, 0.3) is 0 Å². The van der Waals surface area contributed by atoms with Gasteiger partial charge in [-0.15, -0.1) is 12.4 Å². The van der Waals surface area contributed by atoms with Crippen LogP contribution in [-0.2, 0) is 9.53 Å². The number of halogens is 1. The maximum atomic E-state index is 12.0. The molecule has 1 atom stereocenters. The highest BCUT2D eigenvalue weighted by Crippen LogP contribution is 2.29. The number of carbonyl (C=O) groups is 1. The van der Waals surface area contributed by atoms with Gasteiger partial charge in [-0.25, -0.2) is 0 Å².